The topological polar surface area (TPSA) is 63.5 Å². The van der Waals surface area contributed by atoms with Crippen LogP contribution < -0.4 is 4.90 Å². The van der Waals surface area contributed by atoms with Crippen molar-refractivity contribution in [2.45, 2.75) is 39.5 Å². The van der Waals surface area contributed by atoms with Crippen molar-refractivity contribution in [3.8, 4) is 0 Å². The predicted molar refractivity (Wildman–Crippen MR) is 100 cm³/mol. The Hall–Kier alpha value is -2.41. The quantitative estimate of drug-likeness (QED) is 0.820. The van der Waals surface area contributed by atoms with E-state index >= 15 is 0 Å². The van der Waals surface area contributed by atoms with Crippen LogP contribution in [-0.2, 0) is 18.3 Å². The zero-order chi connectivity index (χ0) is 18.7. The average Bonchev–Trinajstić information content (AvgIpc) is 3.03. The zero-order valence-corrected chi connectivity index (χ0v) is 15.9. The maximum Gasteiger partial charge on any atom is 0.255 e. The summed E-state index contributed by atoms with van der Waals surface area (Å²) in [7, 11) is 1.93. The maximum atomic E-state index is 12.8. The number of amides is 1. The minimum absolute atomic E-state index is 0.0294. The lowest BCUT2D eigenvalue weighted by atomic mass is 10.2. The van der Waals surface area contributed by atoms with Gasteiger partial charge in [0.1, 0.15) is 11.6 Å². The summed E-state index contributed by atoms with van der Waals surface area (Å²) in [5.74, 6) is 1.72. The lowest BCUT2D eigenvalue weighted by Crippen LogP contribution is -2.45. The van der Waals surface area contributed by atoms with E-state index in [1.165, 1.54) is 0 Å². The molecule has 0 radical (unpaired) electrons. The van der Waals surface area contributed by atoms with E-state index in [0.29, 0.717) is 18.7 Å². The number of morpholine rings is 1. The van der Waals surface area contributed by atoms with Crippen LogP contribution in [0, 0.1) is 0 Å². The number of aromatic nitrogens is 3. The number of hydrogen-bond acceptors (Lipinski definition) is 5. The second kappa shape index (κ2) is 7.86. The Bertz CT molecular complexity index is 733. The van der Waals surface area contributed by atoms with Crippen LogP contribution in [0.25, 0.3) is 0 Å². The molecule has 0 bridgehead atoms. The molecule has 7 nitrogen and oxygen atoms in total. The minimum Gasteiger partial charge on any atom is -0.372 e. The van der Waals surface area contributed by atoms with Gasteiger partial charge in [-0.1, -0.05) is 0 Å². The van der Waals surface area contributed by atoms with Gasteiger partial charge in [0.25, 0.3) is 5.91 Å². The van der Waals surface area contributed by atoms with Gasteiger partial charge in [0.05, 0.1) is 24.3 Å². The van der Waals surface area contributed by atoms with Crippen molar-refractivity contribution in [3.63, 3.8) is 0 Å². The normalized spacial score (nSPS) is 20.2. The Labute approximate surface area is 154 Å². The van der Waals surface area contributed by atoms with Crippen LogP contribution in [0.3, 0.4) is 0 Å². The second-order valence-corrected chi connectivity index (χ2v) is 6.84. The summed E-state index contributed by atoms with van der Waals surface area (Å²) in [4.78, 5) is 25.6. The van der Waals surface area contributed by atoms with E-state index in [4.69, 9.17) is 4.74 Å². The van der Waals surface area contributed by atoms with Crippen LogP contribution in [-0.4, -0.2) is 57.2 Å². The Kier molecular flexibility index (Phi) is 5.56. The predicted octanol–water partition coefficient (Wildman–Crippen LogP) is 2.09. The number of anilines is 1. The number of carbonyl (C=O) groups excluding carboxylic acids is 1. The molecule has 26 heavy (non-hydrogen) atoms. The molecule has 2 aromatic heterocycles. The van der Waals surface area contributed by atoms with Gasteiger partial charge in [-0.25, -0.2) is 9.97 Å². The van der Waals surface area contributed by atoms with Crippen molar-refractivity contribution >= 4 is 11.7 Å². The third kappa shape index (κ3) is 4.04. The van der Waals surface area contributed by atoms with Crippen molar-refractivity contribution in [3.05, 3.63) is 42.1 Å². The molecule has 2 aromatic rings. The number of rotatable bonds is 5. The van der Waals surface area contributed by atoms with Gasteiger partial charge in [-0.3, -0.25) is 4.79 Å². The van der Waals surface area contributed by atoms with Crippen LogP contribution in [0.4, 0.5) is 5.82 Å². The molecule has 1 aliphatic rings. The number of imidazole rings is 1. The molecule has 0 N–H and O–H groups in total. The largest absolute Gasteiger partial charge is 0.372 e. The highest BCUT2D eigenvalue weighted by molar-refractivity contribution is 5.94. The molecule has 140 valence electrons. The van der Waals surface area contributed by atoms with E-state index < -0.39 is 0 Å². The molecule has 0 spiro atoms. The summed E-state index contributed by atoms with van der Waals surface area (Å²) in [6.07, 6.45) is 5.65. The zero-order valence-electron chi connectivity index (χ0n) is 15.9. The van der Waals surface area contributed by atoms with E-state index in [0.717, 1.165) is 24.7 Å². The molecule has 0 unspecified atom stereocenters. The first-order valence-corrected chi connectivity index (χ1v) is 9.09. The first-order chi connectivity index (χ1) is 12.5. The van der Waals surface area contributed by atoms with Gasteiger partial charge in [-0.2, -0.15) is 0 Å². The van der Waals surface area contributed by atoms with Crippen molar-refractivity contribution in [2.24, 2.45) is 7.05 Å². The Morgan fingerprint density at radius 3 is 2.54 bits per heavy atom. The summed E-state index contributed by atoms with van der Waals surface area (Å²) in [6.45, 7) is 8.83. The molecule has 1 saturated heterocycles. The van der Waals surface area contributed by atoms with Crippen molar-refractivity contribution in [2.75, 3.05) is 24.5 Å². The molecular weight excluding hydrogens is 330 g/mol. The highest BCUT2D eigenvalue weighted by atomic mass is 16.5. The fourth-order valence-electron chi connectivity index (χ4n) is 3.29. The van der Waals surface area contributed by atoms with E-state index in [-0.39, 0.29) is 18.1 Å². The fraction of sp³-hybridized carbons (Fsp3) is 0.526. The molecule has 7 heteroatoms. The van der Waals surface area contributed by atoms with Crippen molar-refractivity contribution in [1.29, 1.82) is 0 Å². The van der Waals surface area contributed by atoms with Crippen LogP contribution >= 0.6 is 0 Å². The lowest BCUT2D eigenvalue weighted by molar-refractivity contribution is -0.00546. The van der Waals surface area contributed by atoms with Gasteiger partial charge in [-0.05, 0) is 32.9 Å². The van der Waals surface area contributed by atoms with Gasteiger partial charge in [-0.15, -0.1) is 0 Å². The summed E-state index contributed by atoms with van der Waals surface area (Å²) >= 11 is 0. The van der Waals surface area contributed by atoms with E-state index in [1.54, 1.807) is 17.3 Å². The summed E-state index contributed by atoms with van der Waals surface area (Å²) in [6, 6.07) is 3.78. The molecule has 3 heterocycles. The van der Waals surface area contributed by atoms with Crippen molar-refractivity contribution < 1.29 is 9.53 Å². The van der Waals surface area contributed by atoms with E-state index in [1.807, 2.05) is 36.9 Å². The summed E-state index contributed by atoms with van der Waals surface area (Å²) < 4.78 is 7.70. The van der Waals surface area contributed by atoms with Crippen molar-refractivity contribution in [1.82, 2.24) is 19.4 Å². The van der Waals surface area contributed by atoms with Crippen LogP contribution in [0.2, 0.25) is 0 Å². The van der Waals surface area contributed by atoms with Gasteiger partial charge >= 0.3 is 0 Å². The standard InChI is InChI=1S/C19H27N5O2/c1-5-23(13-18-20-8-9-22(18)4)19(25)16-6-7-17(21-10-16)24-11-14(2)26-15(3)12-24/h6-10,14-15H,5,11-13H2,1-4H3/t14-,15+. The third-order valence-corrected chi connectivity index (χ3v) is 4.66. The third-order valence-electron chi connectivity index (χ3n) is 4.66. The number of pyridine rings is 1. The van der Waals surface area contributed by atoms with Gasteiger partial charge in [0.2, 0.25) is 0 Å². The van der Waals surface area contributed by atoms with E-state index in [2.05, 4.69) is 28.7 Å². The van der Waals surface area contributed by atoms with E-state index in [9.17, 15) is 4.79 Å². The fourth-order valence-corrected chi connectivity index (χ4v) is 3.29. The number of ether oxygens (including phenoxy) is 1. The smallest absolute Gasteiger partial charge is 0.255 e. The van der Waals surface area contributed by atoms with Gasteiger partial charge < -0.3 is 19.1 Å². The first kappa shape index (κ1) is 18.4. The van der Waals surface area contributed by atoms with Crippen LogP contribution in [0.5, 0.6) is 0 Å². The molecular formula is C19H27N5O2. The number of nitrogens with zero attached hydrogens (tertiary/aromatic N) is 5. The number of hydrogen-bond donors (Lipinski definition) is 0. The van der Waals surface area contributed by atoms with Gasteiger partial charge in [0, 0.05) is 45.3 Å². The molecule has 1 aliphatic heterocycles. The maximum absolute atomic E-state index is 12.8. The first-order valence-electron chi connectivity index (χ1n) is 9.09. The Morgan fingerprint density at radius 1 is 1.27 bits per heavy atom. The molecule has 1 amide bonds. The molecule has 0 saturated carbocycles. The highest BCUT2D eigenvalue weighted by Crippen LogP contribution is 2.19. The highest BCUT2D eigenvalue weighted by Gasteiger charge is 2.23. The molecule has 0 aromatic carbocycles. The SMILES string of the molecule is CCN(Cc1nccn1C)C(=O)c1ccc(N2C[C@@H](C)O[C@@H](C)C2)nc1. The molecule has 3 rings (SSSR count). The van der Waals surface area contributed by atoms with Gasteiger partial charge in [0.15, 0.2) is 0 Å². The number of aryl methyl sites for hydroxylation is 1. The summed E-state index contributed by atoms with van der Waals surface area (Å²) in [5.41, 5.74) is 0.596. The molecule has 2 atom stereocenters. The number of carbonyl (C=O) groups is 1. The minimum atomic E-state index is -0.0294. The molecule has 1 fully saturated rings. The van der Waals surface area contributed by atoms with Crippen LogP contribution in [0.1, 0.15) is 37.0 Å². The summed E-state index contributed by atoms with van der Waals surface area (Å²) in [5, 5.41) is 0. The monoisotopic (exact) mass is 357 g/mol. The average molecular weight is 357 g/mol. The Morgan fingerprint density at radius 2 is 2.00 bits per heavy atom. The second-order valence-electron chi connectivity index (χ2n) is 6.84. The Balaban J connectivity index is 1.70. The lowest BCUT2D eigenvalue weighted by Gasteiger charge is -2.36. The molecule has 0 aliphatic carbocycles. The van der Waals surface area contributed by atoms with Crippen LogP contribution in [0.15, 0.2) is 30.7 Å².